The molecule has 1 amide bonds. The van der Waals surface area contributed by atoms with Gasteiger partial charge in [0.05, 0.1) is 23.4 Å². The van der Waals surface area contributed by atoms with Crippen LogP contribution in [0.5, 0.6) is 11.5 Å². The van der Waals surface area contributed by atoms with Gasteiger partial charge in [0.15, 0.2) is 0 Å². The molecule has 0 bridgehead atoms. The summed E-state index contributed by atoms with van der Waals surface area (Å²) < 4.78 is 11.1. The van der Waals surface area contributed by atoms with Crippen LogP contribution < -0.4 is 5.48 Å². The second kappa shape index (κ2) is 10.5. The molecule has 9 nitrogen and oxygen atoms in total. The molecule has 1 aromatic carbocycles. The molecule has 0 radical (unpaired) electrons. The van der Waals surface area contributed by atoms with Gasteiger partial charge in [-0.3, -0.25) is 15.1 Å². The maximum Gasteiger partial charge on any atom is 0.342 e. The average Bonchev–Trinajstić information content (AvgIpc) is 3.38. The maximum absolute atomic E-state index is 12.9. The molecule has 182 valence electrons. The quantitative estimate of drug-likeness (QED) is 0.249. The molecule has 34 heavy (non-hydrogen) atoms. The Labute approximate surface area is 202 Å². The SMILES string of the molecule is C[C@@H]1C[C@H]2O[C@@H]2\C=C/C=C/C(NOCCN2CCCC2=O)=C/c2c(Cl)c(O)cc(O)c2C(=O)O1. The number of fused-ring (bicyclic) bond motifs is 2. The molecule has 3 atom stereocenters. The van der Waals surface area contributed by atoms with Gasteiger partial charge in [0, 0.05) is 37.6 Å². The number of halogens is 1. The van der Waals surface area contributed by atoms with Crippen LogP contribution in [0.15, 0.2) is 36.1 Å². The Morgan fingerprint density at radius 3 is 2.85 bits per heavy atom. The van der Waals surface area contributed by atoms with E-state index in [1.54, 1.807) is 24.0 Å². The normalized spacial score (nSPS) is 28.1. The molecule has 0 unspecified atom stereocenters. The van der Waals surface area contributed by atoms with E-state index in [0.29, 0.717) is 31.6 Å². The van der Waals surface area contributed by atoms with Crippen LogP contribution in [0.3, 0.4) is 0 Å². The lowest BCUT2D eigenvalue weighted by Gasteiger charge is -2.17. The molecule has 2 saturated heterocycles. The summed E-state index contributed by atoms with van der Waals surface area (Å²) in [5.41, 5.74) is 3.07. The second-order valence-electron chi connectivity index (χ2n) is 8.39. The molecule has 3 heterocycles. The van der Waals surface area contributed by atoms with E-state index in [1.807, 2.05) is 12.2 Å². The molecular formula is C24H27ClN2O7. The Balaban J connectivity index is 1.61. The van der Waals surface area contributed by atoms with Gasteiger partial charge in [0.1, 0.15) is 29.3 Å². The molecule has 0 spiro atoms. The van der Waals surface area contributed by atoms with E-state index in [1.165, 1.54) is 6.08 Å². The summed E-state index contributed by atoms with van der Waals surface area (Å²) in [4.78, 5) is 32.0. The van der Waals surface area contributed by atoms with Crippen molar-refractivity contribution in [1.82, 2.24) is 10.4 Å². The van der Waals surface area contributed by atoms with Crippen molar-refractivity contribution in [2.75, 3.05) is 19.7 Å². The fourth-order valence-electron chi connectivity index (χ4n) is 3.96. The molecule has 3 N–H and O–H groups in total. The first-order valence-electron chi connectivity index (χ1n) is 11.2. The number of ether oxygens (including phenoxy) is 2. The van der Waals surface area contributed by atoms with Gasteiger partial charge in [-0.25, -0.2) is 4.79 Å². The molecule has 0 saturated carbocycles. The number of allylic oxidation sites excluding steroid dienone is 3. The lowest BCUT2D eigenvalue weighted by atomic mass is 10.0. The number of nitrogens with one attached hydrogen (secondary N) is 1. The van der Waals surface area contributed by atoms with Crippen LogP contribution in [0.4, 0.5) is 0 Å². The highest BCUT2D eigenvalue weighted by molar-refractivity contribution is 6.34. The van der Waals surface area contributed by atoms with Gasteiger partial charge in [-0.1, -0.05) is 29.8 Å². The Bertz CT molecular complexity index is 1050. The molecule has 3 aliphatic rings. The van der Waals surface area contributed by atoms with Crippen molar-refractivity contribution in [3.05, 3.63) is 52.2 Å². The van der Waals surface area contributed by atoms with Crippen LogP contribution in [0.2, 0.25) is 5.02 Å². The minimum atomic E-state index is -0.778. The maximum atomic E-state index is 12.9. The second-order valence-corrected chi connectivity index (χ2v) is 8.76. The molecule has 3 aliphatic heterocycles. The number of hydrogen-bond donors (Lipinski definition) is 3. The first-order valence-corrected chi connectivity index (χ1v) is 11.5. The molecule has 4 rings (SSSR count). The number of esters is 1. The standard InChI is InChI=1S/C24H27ClN2O7/c1-14-11-20-19(34-20)6-3-2-5-15(26-32-10-9-27-8-4-7-21(27)30)12-16-22(24(31)33-14)17(28)13-18(29)23(16)25/h2-3,5-6,12-14,19-20,26,28-29H,4,7-11H2,1H3/b5-2+,6-3-,15-12-/t14-,19-,20-/m1/s1. The summed E-state index contributed by atoms with van der Waals surface area (Å²) in [6.07, 6.45) is 9.94. The molecule has 10 heteroatoms. The van der Waals surface area contributed by atoms with Gasteiger partial charge >= 0.3 is 5.97 Å². The number of nitrogens with zero attached hydrogens (tertiary/aromatic N) is 1. The van der Waals surface area contributed by atoms with Gasteiger partial charge in [-0.2, -0.15) is 0 Å². The highest BCUT2D eigenvalue weighted by atomic mass is 35.5. The molecular weight excluding hydrogens is 464 g/mol. The highest BCUT2D eigenvalue weighted by Crippen LogP contribution is 2.38. The third-order valence-electron chi connectivity index (χ3n) is 5.77. The number of likely N-dealkylation sites (tertiary alicyclic amines) is 1. The van der Waals surface area contributed by atoms with Crippen molar-refractivity contribution >= 4 is 29.6 Å². The van der Waals surface area contributed by atoms with Gasteiger partial charge in [-0.15, -0.1) is 0 Å². The fraction of sp³-hybridized carbons (Fsp3) is 0.417. The molecule has 0 aliphatic carbocycles. The van der Waals surface area contributed by atoms with Crippen LogP contribution in [0.25, 0.3) is 6.08 Å². The summed E-state index contributed by atoms with van der Waals surface area (Å²) >= 11 is 6.31. The Kier molecular flexibility index (Phi) is 7.45. The number of amides is 1. The predicted octanol–water partition coefficient (Wildman–Crippen LogP) is 3.06. The zero-order valence-electron chi connectivity index (χ0n) is 18.7. The Hall–Kier alpha value is -3.01. The average molecular weight is 491 g/mol. The number of cyclic esters (lactones) is 1. The van der Waals surface area contributed by atoms with E-state index in [-0.39, 0.29) is 46.6 Å². The van der Waals surface area contributed by atoms with E-state index in [4.69, 9.17) is 25.9 Å². The topological polar surface area (TPSA) is 121 Å². The summed E-state index contributed by atoms with van der Waals surface area (Å²) in [6, 6.07) is 0.999. The van der Waals surface area contributed by atoms with Crippen LogP contribution in [0, 0.1) is 0 Å². The number of hydrogen-bond acceptors (Lipinski definition) is 8. The number of benzene rings is 1. The summed E-state index contributed by atoms with van der Waals surface area (Å²) in [7, 11) is 0. The summed E-state index contributed by atoms with van der Waals surface area (Å²) in [5, 5.41) is 20.5. The monoisotopic (exact) mass is 490 g/mol. The largest absolute Gasteiger partial charge is 0.507 e. The van der Waals surface area contributed by atoms with Crippen molar-refractivity contribution in [3.8, 4) is 11.5 Å². The van der Waals surface area contributed by atoms with E-state index < -0.39 is 17.8 Å². The zero-order valence-corrected chi connectivity index (χ0v) is 19.5. The molecule has 2 fully saturated rings. The summed E-state index contributed by atoms with van der Waals surface area (Å²) in [5.74, 6) is -1.53. The lowest BCUT2D eigenvalue weighted by Crippen LogP contribution is -2.30. The number of aromatic hydroxyl groups is 2. The number of epoxide rings is 1. The number of hydroxylamine groups is 1. The Morgan fingerprint density at radius 2 is 2.09 bits per heavy atom. The first-order chi connectivity index (χ1) is 16.3. The van der Waals surface area contributed by atoms with E-state index >= 15 is 0 Å². The van der Waals surface area contributed by atoms with Crippen molar-refractivity contribution < 1.29 is 34.1 Å². The predicted molar refractivity (Wildman–Crippen MR) is 124 cm³/mol. The van der Waals surface area contributed by atoms with Crippen LogP contribution in [-0.4, -0.2) is 65.0 Å². The smallest absolute Gasteiger partial charge is 0.342 e. The minimum absolute atomic E-state index is 0.0587. The van der Waals surface area contributed by atoms with Crippen LogP contribution >= 0.6 is 11.6 Å². The highest BCUT2D eigenvalue weighted by Gasteiger charge is 2.38. The van der Waals surface area contributed by atoms with Crippen molar-refractivity contribution in [2.24, 2.45) is 0 Å². The zero-order chi connectivity index (χ0) is 24.2. The third kappa shape index (κ3) is 5.72. The van der Waals surface area contributed by atoms with Crippen molar-refractivity contribution in [1.29, 1.82) is 0 Å². The fourth-order valence-corrected chi connectivity index (χ4v) is 4.17. The molecule has 1 aromatic rings. The van der Waals surface area contributed by atoms with E-state index in [0.717, 1.165) is 12.5 Å². The Morgan fingerprint density at radius 1 is 1.26 bits per heavy atom. The summed E-state index contributed by atoms with van der Waals surface area (Å²) in [6.45, 7) is 3.12. The number of phenols is 2. The van der Waals surface area contributed by atoms with Gasteiger partial charge in [-0.05, 0) is 25.5 Å². The minimum Gasteiger partial charge on any atom is -0.507 e. The lowest BCUT2D eigenvalue weighted by molar-refractivity contribution is -0.128. The van der Waals surface area contributed by atoms with E-state index in [2.05, 4.69) is 5.48 Å². The van der Waals surface area contributed by atoms with Gasteiger partial charge in [0.2, 0.25) is 5.91 Å². The van der Waals surface area contributed by atoms with Gasteiger partial charge < -0.3 is 24.6 Å². The van der Waals surface area contributed by atoms with Crippen LogP contribution in [-0.2, 0) is 19.1 Å². The van der Waals surface area contributed by atoms with Crippen molar-refractivity contribution in [3.63, 3.8) is 0 Å². The first kappa shape index (κ1) is 24.1. The van der Waals surface area contributed by atoms with Crippen LogP contribution in [0.1, 0.15) is 42.1 Å². The number of carbonyl (C=O) groups is 2. The van der Waals surface area contributed by atoms with E-state index in [9.17, 15) is 19.8 Å². The third-order valence-corrected chi connectivity index (χ3v) is 6.17. The number of rotatable bonds is 5. The molecule has 0 aromatic heterocycles. The van der Waals surface area contributed by atoms with Gasteiger partial charge in [0.25, 0.3) is 0 Å². The number of phenolic OH excluding ortho intramolecular Hbond substituents is 2. The van der Waals surface area contributed by atoms with Crippen molar-refractivity contribution in [2.45, 2.75) is 44.5 Å². The number of carbonyl (C=O) groups excluding carboxylic acids is 2.